The van der Waals surface area contributed by atoms with Crippen LogP contribution in [0.25, 0.3) is 11.5 Å². The number of rotatable bonds is 6. The Bertz CT molecular complexity index is 1210. The van der Waals surface area contributed by atoms with Crippen molar-refractivity contribution in [2.45, 2.75) is 44.6 Å². The number of carbonyl (C=O) groups is 1. The average Bonchev–Trinajstić information content (AvgIpc) is 3.30. The van der Waals surface area contributed by atoms with Gasteiger partial charge in [-0.3, -0.25) is 0 Å². The van der Waals surface area contributed by atoms with Crippen molar-refractivity contribution in [3.63, 3.8) is 0 Å². The second kappa shape index (κ2) is 9.44. The molecule has 1 saturated heterocycles. The van der Waals surface area contributed by atoms with Crippen LogP contribution in [0.2, 0.25) is 0 Å². The maximum Gasteiger partial charge on any atom is 0.338 e. The maximum absolute atomic E-state index is 12.9. The molecule has 9 heteroatoms. The van der Waals surface area contributed by atoms with E-state index in [9.17, 15) is 13.2 Å². The molecule has 0 spiro atoms. The Balaban J connectivity index is 1.41. The van der Waals surface area contributed by atoms with E-state index in [4.69, 9.17) is 9.15 Å². The first-order valence-electron chi connectivity index (χ1n) is 11.0. The minimum absolute atomic E-state index is 0.168. The minimum atomic E-state index is -3.57. The van der Waals surface area contributed by atoms with Crippen LogP contribution in [-0.4, -0.2) is 42.0 Å². The van der Waals surface area contributed by atoms with Gasteiger partial charge in [-0.05, 0) is 69.0 Å². The Hall–Kier alpha value is -3.04. The van der Waals surface area contributed by atoms with E-state index < -0.39 is 22.1 Å². The molecule has 1 aliphatic rings. The number of benzene rings is 2. The van der Waals surface area contributed by atoms with Crippen LogP contribution in [0.15, 0.2) is 57.8 Å². The van der Waals surface area contributed by atoms with Gasteiger partial charge in [-0.15, -0.1) is 10.2 Å². The molecular formula is C24H27N3O5S. The van der Waals surface area contributed by atoms with Crippen molar-refractivity contribution in [2.24, 2.45) is 5.92 Å². The van der Waals surface area contributed by atoms with Gasteiger partial charge < -0.3 is 9.15 Å². The molecule has 0 aliphatic carbocycles. The SMILES string of the molecule is Cc1ccc(-c2nnc(C(C)OC(=O)c3ccc(S(=O)(=O)N4CCC(C)CC4)cc3)o2)cc1. The highest BCUT2D eigenvalue weighted by Gasteiger charge is 2.28. The first kappa shape index (κ1) is 23.1. The summed E-state index contributed by atoms with van der Waals surface area (Å²) in [6, 6.07) is 13.4. The summed E-state index contributed by atoms with van der Waals surface area (Å²) in [6.45, 7) is 6.78. The fourth-order valence-electron chi connectivity index (χ4n) is 3.63. The molecule has 3 aromatic rings. The number of ether oxygens (including phenoxy) is 1. The van der Waals surface area contributed by atoms with Crippen molar-refractivity contribution in [2.75, 3.05) is 13.1 Å². The molecular weight excluding hydrogens is 442 g/mol. The van der Waals surface area contributed by atoms with Gasteiger partial charge in [-0.2, -0.15) is 4.31 Å². The summed E-state index contributed by atoms with van der Waals surface area (Å²) in [6.07, 6.45) is 0.939. The molecule has 0 radical (unpaired) electrons. The quantitative estimate of drug-likeness (QED) is 0.494. The lowest BCUT2D eigenvalue weighted by atomic mass is 10.0. The molecule has 1 atom stereocenters. The van der Waals surface area contributed by atoms with Crippen LogP contribution in [0.3, 0.4) is 0 Å². The van der Waals surface area contributed by atoms with Crippen molar-refractivity contribution in [3.05, 3.63) is 65.5 Å². The molecule has 1 fully saturated rings. The van der Waals surface area contributed by atoms with Crippen LogP contribution < -0.4 is 0 Å². The molecule has 4 rings (SSSR count). The van der Waals surface area contributed by atoms with Crippen molar-refractivity contribution in [1.82, 2.24) is 14.5 Å². The molecule has 2 aromatic carbocycles. The van der Waals surface area contributed by atoms with Gasteiger partial charge in [0, 0.05) is 18.7 Å². The monoisotopic (exact) mass is 469 g/mol. The Labute approximate surface area is 193 Å². The molecule has 33 heavy (non-hydrogen) atoms. The van der Waals surface area contributed by atoms with E-state index in [1.165, 1.54) is 28.6 Å². The number of hydrogen-bond acceptors (Lipinski definition) is 7. The lowest BCUT2D eigenvalue weighted by Crippen LogP contribution is -2.37. The van der Waals surface area contributed by atoms with Crippen molar-refractivity contribution in [3.8, 4) is 11.5 Å². The Kier molecular flexibility index (Phi) is 6.62. The number of esters is 1. The molecule has 0 amide bonds. The molecule has 1 unspecified atom stereocenters. The number of carbonyl (C=O) groups excluding carboxylic acids is 1. The third-order valence-electron chi connectivity index (χ3n) is 5.84. The van der Waals surface area contributed by atoms with Gasteiger partial charge in [0.2, 0.25) is 15.9 Å². The smallest absolute Gasteiger partial charge is 0.338 e. The third kappa shape index (κ3) is 5.15. The Morgan fingerprint density at radius 1 is 1.06 bits per heavy atom. The van der Waals surface area contributed by atoms with Crippen LogP contribution in [0, 0.1) is 12.8 Å². The molecule has 0 saturated carbocycles. The number of aromatic nitrogens is 2. The van der Waals surface area contributed by atoms with Gasteiger partial charge in [-0.1, -0.05) is 24.6 Å². The Morgan fingerprint density at radius 2 is 1.70 bits per heavy atom. The summed E-state index contributed by atoms with van der Waals surface area (Å²) < 4.78 is 38.3. The zero-order valence-corrected chi connectivity index (χ0v) is 19.7. The number of sulfonamides is 1. The fraction of sp³-hybridized carbons (Fsp3) is 0.375. The number of nitrogens with zero attached hydrogens (tertiary/aromatic N) is 3. The van der Waals surface area contributed by atoms with Gasteiger partial charge in [0.1, 0.15) is 0 Å². The summed E-state index contributed by atoms with van der Waals surface area (Å²) in [5.74, 6) is 0.447. The highest BCUT2D eigenvalue weighted by Crippen LogP contribution is 2.25. The normalized spacial score (nSPS) is 16.5. The highest BCUT2D eigenvalue weighted by molar-refractivity contribution is 7.89. The van der Waals surface area contributed by atoms with E-state index >= 15 is 0 Å². The molecule has 2 heterocycles. The summed E-state index contributed by atoms with van der Waals surface area (Å²) in [5, 5.41) is 8.01. The molecule has 1 aliphatic heterocycles. The second-order valence-electron chi connectivity index (χ2n) is 8.47. The lowest BCUT2D eigenvalue weighted by molar-refractivity contribution is 0.0279. The highest BCUT2D eigenvalue weighted by atomic mass is 32.2. The van der Waals surface area contributed by atoms with Crippen molar-refractivity contribution in [1.29, 1.82) is 0 Å². The largest absolute Gasteiger partial charge is 0.449 e. The summed E-state index contributed by atoms with van der Waals surface area (Å²) in [7, 11) is -3.57. The third-order valence-corrected chi connectivity index (χ3v) is 7.75. The second-order valence-corrected chi connectivity index (χ2v) is 10.4. The van der Waals surface area contributed by atoms with Gasteiger partial charge in [0.25, 0.3) is 5.89 Å². The molecule has 0 N–H and O–H groups in total. The van der Waals surface area contributed by atoms with E-state index in [0.717, 1.165) is 24.0 Å². The standard InChI is InChI=1S/C24H27N3O5S/c1-16-4-6-19(7-5-16)23-26-25-22(32-23)18(3)31-24(28)20-8-10-21(11-9-20)33(29,30)27-14-12-17(2)13-15-27/h4-11,17-18H,12-15H2,1-3H3. The number of hydrogen-bond donors (Lipinski definition) is 0. The van der Waals surface area contributed by atoms with E-state index in [2.05, 4.69) is 17.1 Å². The zero-order chi connectivity index (χ0) is 23.6. The zero-order valence-electron chi connectivity index (χ0n) is 18.9. The number of piperidine rings is 1. The topological polar surface area (TPSA) is 103 Å². The van der Waals surface area contributed by atoms with E-state index in [-0.39, 0.29) is 16.3 Å². The van der Waals surface area contributed by atoms with Gasteiger partial charge in [0.05, 0.1) is 10.5 Å². The predicted octanol–water partition coefficient (Wildman–Crippen LogP) is 4.38. The predicted molar refractivity (Wildman–Crippen MR) is 122 cm³/mol. The molecule has 1 aromatic heterocycles. The van der Waals surface area contributed by atoms with Crippen LogP contribution in [0.5, 0.6) is 0 Å². The fourth-order valence-corrected chi connectivity index (χ4v) is 5.10. The van der Waals surface area contributed by atoms with E-state index in [1.54, 1.807) is 6.92 Å². The summed E-state index contributed by atoms with van der Waals surface area (Å²) in [5.41, 5.74) is 2.13. The van der Waals surface area contributed by atoms with Crippen LogP contribution in [-0.2, 0) is 14.8 Å². The van der Waals surface area contributed by atoms with Gasteiger partial charge in [-0.25, -0.2) is 13.2 Å². The van der Waals surface area contributed by atoms with Gasteiger partial charge in [0.15, 0.2) is 6.10 Å². The average molecular weight is 470 g/mol. The maximum atomic E-state index is 12.9. The molecule has 174 valence electrons. The van der Waals surface area contributed by atoms with E-state index in [1.807, 2.05) is 31.2 Å². The van der Waals surface area contributed by atoms with Crippen molar-refractivity contribution >= 4 is 16.0 Å². The summed E-state index contributed by atoms with van der Waals surface area (Å²) in [4.78, 5) is 12.7. The van der Waals surface area contributed by atoms with Crippen LogP contribution in [0.4, 0.5) is 0 Å². The Morgan fingerprint density at radius 3 is 2.33 bits per heavy atom. The van der Waals surface area contributed by atoms with E-state index in [0.29, 0.717) is 24.9 Å². The molecule has 8 nitrogen and oxygen atoms in total. The minimum Gasteiger partial charge on any atom is -0.449 e. The first-order chi connectivity index (χ1) is 15.7. The van der Waals surface area contributed by atoms with Crippen molar-refractivity contribution < 1.29 is 22.4 Å². The van der Waals surface area contributed by atoms with Crippen LogP contribution >= 0.6 is 0 Å². The van der Waals surface area contributed by atoms with Crippen LogP contribution in [0.1, 0.15) is 54.6 Å². The molecule has 0 bridgehead atoms. The lowest BCUT2D eigenvalue weighted by Gasteiger charge is -2.29. The summed E-state index contributed by atoms with van der Waals surface area (Å²) >= 11 is 0. The van der Waals surface area contributed by atoms with Gasteiger partial charge >= 0.3 is 5.97 Å². The number of aryl methyl sites for hydroxylation is 1. The first-order valence-corrected chi connectivity index (χ1v) is 12.4.